The third-order valence-electron chi connectivity index (χ3n) is 3.57. The highest BCUT2D eigenvalue weighted by Crippen LogP contribution is 2.25. The highest BCUT2D eigenvalue weighted by molar-refractivity contribution is 5.70. The second kappa shape index (κ2) is 6.36. The molecule has 4 heteroatoms. The Hall–Kier alpha value is -0.610. The van der Waals surface area contributed by atoms with Crippen LogP contribution in [0.25, 0.3) is 0 Å². The van der Waals surface area contributed by atoms with Gasteiger partial charge in [0.2, 0.25) is 0 Å². The third kappa shape index (κ3) is 4.28. The zero-order valence-corrected chi connectivity index (χ0v) is 11.5. The smallest absolute Gasteiger partial charge is 0.307 e. The Morgan fingerprint density at radius 1 is 1.53 bits per heavy atom. The van der Waals surface area contributed by atoms with Crippen LogP contribution in [0.5, 0.6) is 0 Å². The van der Waals surface area contributed by atoms with E-state index in [4.69, 9.17) is 9.47 Å². The van der Waals surface area contributed by atoms with E-state index in [0.29, 0.717) is 13.0 Å². The lowest BCUT2D eigenvalue weighted by Gasteiger charge is -2.42. The van der Waals surface area contributed by atoms with Gasteiger partial charge in [-0.25, -0.2) is 0 Å². The molecule has 1 heterocycles. The van der Waals surface area contributed by atoms with Gasteiger partial charge in [0.15, 0.2) is 0 Å². The van der Waals surface area contributed by atoms with E-state index in [1.165, 1.54) is 0 Å². The third-order valence-corrected chi connectivity index (χ3v) is 3.57. The SMILES string of the molecule is CCOC(=O)CC(C)N1CCCC(C)(OC)C1. The molecule has 0 saturated carbocycles. The van der Waals surface area contributed by atoms with Gasteiger partial charge in [0, 0.05) is 19.7 Å². The van der Waals surface area contributed by atoms with Crippen LogP contribution in [0.15, 0.2) is 0 Å². The summed E-state index contributed by atoms with van der Waals surface area (Å²) in [6.45, 7) is 8.45. The van der Waals surface area contributed by atoms with Gasteiger partial charge in [-0.15, -0.1) is 0 Å². The van der Waals surface area contributed by atoms with Crippen LogP contribution in [0.2, 0.25) is 0 Å². The molecule has 4 nitrogen and oxygen atoms in total. The highest BCUT2D eigenvalue weighted by atomic mass is 16.5. The van der Waals surface area contributed by atoms with Crippen LogP contribution in [0.1, 0.15) is 40.0 Å². The Kier molecular flexibility index (Phi) is 5.40. The predicted molar refractivity (Wildman–Crippen MR) is 66.9 cm³/mol. The molecule has 1 saturated heterocycles. The number of rotatable bonds is 5. The number of piperidine rings is 1. The lowest BCUT2D eigenvalue weighted by atomic mass is 9.93. The van der Waals surface area contributed by atoms with E-state index in [-0.39, 0.29) is 17.6 Å². The van der Waals surface area contributed by atoms with Crippen molar-refractivity contribution in [3.63, 3.8) is 0 Å². The average Bonchev–Trinajstić information content (AvgIpc) is 2.29. The summed E-state index contributed by atoms with van der Waals surface area (Å²) in [5, 5.41) is 0. The molecule has 100 valence electrons. The maximum atomic E-state index is 11.4. The molecular weight excluding hydrogens is 218 g/mol. The van der Waals surface area contributed by atoms with Crippen molar-refractivity contribution in [2.45, 2.75) is 51.7 Å². The van der Waals surface area contributed by atoms with Crippen molar-refractivity contribution < 1.29 is 14.3 Å². The van der Waals surface area contributed by atoms with Crippen LogP contribution >= 0.6 is 0 Å². The summed E-state index contributed by atoms with van der Waals surface area (Å²) in [4.78, 5) is 13.8. The molecule has 0 amide bonds. The molecule has 0 N–H and O–H groups in total. The van der Waals surface area contributed by atoms with Gasteiger partial charge in [0.05, 0.1) is 18.6 Å². The summed E-state index contributed by atoms with van der Waals surface area (Å²) in [6, 6.07) is 0.226. The van der Waals surface area contributed by atoms with Crippen LogP contribution in [0.4, 0.5) is 0 Å². The molecule has 1 aliphatic rings. The van der Waals surface area contributed by atoms with Gasteiger partial charge in [-0.1, -0.05) is 0 Å². The lowest BCUT2D eigenvalue weighted by Crippen LogP contribution is -2.50. The molecule has 1 fully saturated rings. The first-order chi connectivity index (χ1) is 8.00. The van der Waals surface area contributed by atoms with E-state index in [1.807, 2.05) is 6.92 Å². The molecule has 0 aromatic carbocycles. The number of carbonyl (C=O) groups is 1. The van der Waals surface area contributed by atoms with E-state index in [2.05, 4.69) is 18.7 Å². The van der Waals surface area contributed by atoms with E-state index in [1.54, 1.807) is 7.11 Å². The Bertz CT molecular complexity index is 257. The number of carbonyl (C=O) groups excluding carboxylic acids is 1. The fourth-order valence-corrected chi connectivity index (χ4v) is 2.38. The number of likely N-dealkylation sites (tertiary alicyclic amines) is 1. The fraction of sp³-hybridized carbons (Fsp3) is 0.923. The largest absolute Gasteiger partial charge is 0.466 e. The molecule has 1 aliphatic heterocycles. The first-order valence-corrected chi connectivity index (χ1v) is 6.45. The van der Waals surface area contributed by atoms with Gasteiger partial charge in [-0.2, -0.15) is 0 Å². The molecule has 2 atom stereocenters. The minimum Gasteiger partial charge on any atom is -0.466 e. The normalized spacial score (nSPS) is 27.8. The van der Waals surface area contributed by atoms with Gasteiger partial charge in [0.1, 0.15) is 0 Å². The fourth-order valence-electron chi connectivity index (χ4n) is 2.38. The van der Waals surface area contributed by atoms with Crippen LogP contribution < -0.4 is 0 Å². The summed E-state index contributed by atoms with van der Waals surface area (Å²) in [6.07, 6.45) is 2.68. The quantitative estimate of drug-likeness (QED) is 0.691. The Morgan fingerprint density at radius 2 is 2.24 bits per heavy atom. The summed E-state index contributed by atoms with van der Waals surface area (Å²) in [7, 11) is 1.76. The highest BCUT2D eigenvalue weighted by Gasteiger charge is 2.33. The van der Waals surface area contributed by atoms with E-state index in [9.17, 15) is 4.79 Å². The minimum absolute atomic E-state index is 0.0683. The summed E-state index contributed by atoms with van der Waals surface area (Å²) >= 11 is 0. The molecule has 0 bridgehead atoms. The maximum Gasteiger partial charge on any atom is 0.307 e. The van der Waals surface area contributed by atoms with E-state index in [0.717, 1.165) is 25.9 Å². The molecule has 2 unspecified atom stereocenters. The van der Waals surface area contributed by atoms with Crippen LogP contribution in [0, 0.1) is 0 Å². The predicted octanol–water partition coefficient (Wildman–Crippen LogP) is 1.83. The molecule has 0 aromatic rings. The summed E-state index contributed by atoms with van der Waals surface area (Å²) in [5.74, 6) is -0.107. The first kappa shape index (κ1) is 14.5. The zero-order valence-electron chi connectivity index (χ0n) is 11.5. The Labute approximate surface area is 104 Å². The van der Waals surface area contributed by atoms with Crippen molar-refractivity contribution in [1.82, 2.24) is 4.90 Å². The zero-order chi connectivity index (χ0) is 12.9. The average molecular weight is 243 g/mol. The van der Waals surface area contributed by atoms with Crippen molar-refractivity contribution in [3.05, 3.63) is 0 Å². The van der Waals surface area contributed by atoms with Gasteiger partial charge in [0.25, 0.3) is 0 Å². The van der Waals surface area contributed by atoms with Crippen molar-refractivity contribution in [1.29, 1.82) is 0 Å². The van der Waals surface area contributed by atoms with E-state index < -0.39 is 0 Å². The second-order valence-corrected chi connectivity index (χ2v) is 5.09. The van der Waals surface area contributed by atoms with Crippen LogP contribution in [-0.2, 0) is 14.3 Å². The Balaban J connectivity index is 2.46. The molecular formula is C13H25NO3. The molecule has 0 aliphatic carbocycles. The number of esters is 1. The number of methoxy groups -OCH3 is 1. The molecule has 0 spiro atoms. The number of hydrogen-bond donors (Lipinski definition) is 0. The second-order valence-electron chi connectivity index (χ2n) is 5.09. The Morgan fingerprint density at radius 3 is 2.82 bits per heavy atom. The van der Waals surface area contributed by atoms with Crippen LogP contribution in [-0.4, -0.2) is 49.3 Å². The first-order valence-electron chi connectivity index (χ1n) is 6.45. The molecule has 17 heavy (non-hydrogen) atoms. The van der Waals surface area contributed by atoms with Crippen molar-refractivity contribution in [2.75, 3.05) is 26.8 Å². The van der Waals surface area contributed by atoms with Gasteiger partial charge in [-0.05, 0) is 40.2 Å². The van der Waals surface area contributed by atoms with Crippen molar-refractivity contribution >= 4 is 5.97 Å². The summed E-state index contributed by atoms with van der Waals surface area (Å²) < 4.78 is 10.5. The van der Waals surface area contributed by atoms with Gasteiger partial charge >= 0.3 is 5.97 Å². The van der Waals surface area contributed by atoms with Crippen LogP contribution in [0.3, 0.4) is 0 Å². The molecule has 0 radical (unpaired) electrons. The van der Waals surface area contributed by atoms with E-state index >= 15 is 0 Å². The molecule has 0 aromatic heterocycles. The minimum atomic E-state index is -0.107. The maximum absolute atomic E-state index is 11.4. The van der Waals surface area contributed by atoms with Crippen molar-refractivity contribution in [2.24, 2.45) is 0 Å². The standard InChI is InChI=1S/C13H25NO3/c1-5-17-12(15)9-11(2)14-8-6-7-13(3,10-14)16-4/h11H,5-10H2,1-4H3. The van der Waals surface area contributed by atoms with Gasteiger partial charge < -0.3 is 9.47 Å². The monoisotopic (exact) mass is 243 g/mol. The summed E-state index contributed by atoms with van der Waals surface area (Å²) in [5.41, 5.74) is -0.0683. The molecule has 1 rings (SSSR count). The lowest BCUT2D eigenvalue weighted by molar-refractivity contribution is -0.145. The van der Waals surface area contributed by atoms with Crippen molar-refractivity contribution in [3.8, 4) is 0 Å². The van der Waals surface area contributed by atoms with Gasteiger partial charge in [-0.3, -0.25) is 9.69 Å². The topological polar surface area (TPSA) is 38.8 Å². The number of hydrogen-bond acceptors (Lipinski definition) is 4. The number of ether oxygens (including phenoxy) is 2. The number of nitrogens with zero attached hydrogens (tertiary/aromatic N) is 1.